The number of nitrogens with two attached hydrogens (primary N) is 1. The van der Waals surface area contributed by atoms with Gasteiger partial charge in [0.2, 0.25) is 59.1 Å². The summed E-state index contributed by atoms with van der Waals surface area (Å²) in [6.45, 7) is 17.8. The van der Waals surface area contributed by atoms with Crippen LogP contribution in [0.15, 0.2) is 109 Å². The van der Waals surface area contributed by atoms with E-state index in [1.54, 1.807) is 76.2 Å². The van der Waals surface area contributed by atoms with E-state index in [0.717, 1.165) is 16.7 Å². The van der Waals surface area contributed by atoms with Gasteiger partial charge in [0.15, 0.2) is 0 Å². The first-order valence-corrected chi connectivity index (χ1v) is 36.5. The van der Waals surface area contributed by atoms with Crippen LogP contribution in [0, 0.1) is 11.8 Å². The summed E-state index contributed by atoms with van der Waals surface area (Å²) in [7, 11) is 7.24. The van der Waals surface area contributed by atoms with E-state index in [1.807, 2.05) is 64.1 Å². The molecule has 554 valence electrons. The fraction of sp³-hybridized carbons (Fsp3) is 0.541. The molecule has 0 spiro atoms. The highest BCUT2D eigenvalue weighted by molar-refractivity contribution is 7.98. The van der Waals surface area contributed by atoms with E-state index < -0.39 is 125 Å². The number of allylic oxidation sites excluding steroid dienone is 3. The molecular weight excluding hydrogens is 1330 g/mol. The number of nitrogens with zero attached hydrogens (tertiary/aromatic N) is 1. The van der Waals surface area contributed by atoms with Gasteiger partial charge in [-0.1, -0.05) is 94.5 Å². The van der Waals surface area contributed by atoms with Gasteiger partial charge in [-0.25, -0.2) is 0 Å². The molecule has 25 nitrogen and oxygen atoms in total. The first-order chi connectivity index (χ1) is 48.1. The summed E-state index contributed by atoms with van der Waals surface area (Å²) in [5.41, 5.74) is 8.26. The number of hydrogen-bond donors (Lipinski definition) is 9. The van der Waals surface area contributed by atoms with Crippen LogP contribution in [0.3, 0.4) is 0 Å². The summed E-state index contributed by atoms with van der Waals surface area (Å²) in [4.78, 5) is 148. The number of amides is 10. The molecule has 10 N–H and O–H groups in total. The zero-order valence-corrected chi connectivity index (χ0v) is 62.3. The van der Waals surface area contributed by atoms with E-state index >= 15 is 24.0 Å². The van der Waals surface area contributed by atoms with Crippen LogP contribution >= 0.6 is 23.5 Å². The third-order valence-corrected chi connectivity index (χ3v) is 19.9. The number of nitrogens with one attached hydrogen (secondary N) is 8. The monoisotopic (exact) mass is 1440 g/mol. The molecule has 27 heteroatoms. The third kappa shape index (κ3) is 26.2. The van der Waals surface area contributed by atoms with Crippen molar-refractivity contribution in [3.63, 3.8) is 0 Å². The largest absolute Gasteiger partial charge is 0.497 e. The molecule has 2 bridgehead atoms. The summed E-state index contributed by atoms with van der Waals surface area (Å²) < 4.78 is 27.5. The Hall–Kier alpha value is -8.40. The Balaban J connectivity index is 1.61. The Kier molecular flexibility index (Phi) is 34.2. The highest BCUT2D eigenvalue weighted by atomic mass is 32.2. The van der Waals surface area contributed by atoms with E-state index in [2.05, 4.69) is 49.1 Å². The normalized spacial score (nSPS) is 24.4. The standard InChI is InChI=1S/C74H106N10O15S2/c1-15-53(97-12)26-20-46(6)38-60-72(93)84-34-17-33-74(84,9)73(94)81-61(65(75)86)43-101-42-52-19-16-18-51(39-52)41-100-35-32-62(85)82-63(47(7)95-10)70(91)79-57(36-44(2)3)67(88)76-56(31-25-49-21-27-54(98-13)28-22-49)66(87)78-59(40-50-23-29-55(99-14)30-24-50)68(89)77-58(37-45(4)5)69(90)83-64(48(8)96-11)71(92)80-60/h15-16,18-24,26-30,39,44-45,47-48,56-61,63-64H,1,17,25,31-38,40-43H2,2-14H3,(H2,75,86)(H,76,88)(H,77,89)(H,78,87)(H,79,91)(H,80,92)(H,81,94)(H,82,85)(H,83,90)/b46-20+,53-26+/t47-,48-,56+,57+,58+,59+,60+,61+,63+,64+,74+/m1/s1. The number of thioether (sulfide) groups is 2. The van der Waals surface area contributed by atoms with Gasteiger partial charge < -0.3 is 76.9 Å². The lowest BCUT2D eigenvalue weighted by Crippen LogP contribution is -2.64. The molecule has 0 unspecified atom stereocenters. The van der Waals surface area contributed by atoms with Crippen LogP contribution in [0.2, 0.25) is 0 Å². The summed E-state index contributed by atoms with van der Waals surface area (Å²) in [5.74, 6) is -4.60. The highest BCUT2D eigenvalue weighted by Gasteiger charge is 2.49. The zero-order valence-electron chi connectivity index (χ0n) is 60.7. The van der Waals surface area contributed by atoms with Crippen molar-refractivity contribution in [3.8, 4) is 11.5 Å². The topological polar surface area (TPSA) is 342 Å². The number of fused-ring (bicyclic) bond motifs is 3. The minimum absolute atomic E-state index is 0.00196. The molecule has 2 aliphatic heterocycles. The molecule has 3 aromatic carbocycles. The van der Waals surface area contributed by atoms with Crippen molar-refractivity contribution in [2.45, 2.75) is 191 Å². The minimum Gasteiger partial charge on any atom is -0.497 e. The van der Waals surface area contributed by atoms with Gasteiger partial charge in [-0.15, -0.1) is 0 Å². The Bertz CT molecular complexity index is 3370. The van der Waals surface area contributed by atoms with Crippen LogP contribution in [0.4, 0.5) is 0 Å². The van der Waals surface area contributed by atoms with Gasteiger partial charge in [0.1, 0.15) is 71.1 Å². The lowest BCUT2D eigenvalue weighted by Gasteiger charge is -2.37. The van der Waals surface area contributed by atoms with Crippen molar-refractivity contribution < 1.29 is 71.6 Å². The summed E-state index contributed by atoms with van der Waals surface area (Å²) in [6.07, 6.45) is 3.70. The summed E-state index contributed by atoms with van der Waals surface area (Å²) in [6, 6.07) is 11.1. The molecule has 0 radical (unpaired) electrons. The van der Waals surface area contributed by atoms with Crippen LogP contribution in [0.1, 0.15) is 123 Å². The number of ether oxygens (including phenoxy) is 5. The van der Waals surface area contributed by atoms with Crippen molar-refractivity contribution in [1.29, 1.82) is 0 Å². The second-order valence-corrected chi connectivity index (χ2v) is 28.7. The van der Waals surface area contributed by atoms with Crippen LogP contribution in [0.25, 0.3) is 0 Å². The molecule has 1 fully saturated rings. The number of rotatable bonds is 21. The number of benzene rings is 3. The minimum atomic E-state index is -1.52. The molecule has 5 rings (SSSR count). The average Bonchev–Trinajstić information content (AvgIpc) is 1.67. The Morgan fingerprint density at radius 1 is 0.634 bits per heavy atom. The SMILES string of the molecule is C=C/C(=C\C=C(/C)C[C@@H]1NC(=O)[C@H]([C@@H](C)OC)NC(=O)[C@H](CC(C)C)NC(=O)[C@H](Cc2ccc(OC)cc2)NC(=O)[C@H](CCc2ccc(OC)cc2)NC(=O)[C@H](CC(C)C)NC(=O)[C@H]([C@@H](C)OC)NC(=O)CCSCc2cccc(c2)CSC[C@@H](C(N)=O)NC(=O)[C@]2(C)CCCN2C1=O)OC. The molecule has 1 saturated heterocycles. The lowest BCUT2D eigenvalue weighted by atomic mass is 9.95. The quantitative estimate of drug-likeness (QED) is 0.0475. The molecule has 11 atom stereocenters. The van der Waals surface area contributed by atoms with E-state index in [-0.39, 0.29) is 75.5 Å². The van der Waals surface area contributed by atoms with Crippen molar-refractivity contribution in [3.05, 3.63) is 131 Å². The predicted molar refractivity (Wildman–Crippen MR) is 391 cm³/mol. The van der Waals surface area contributed by atoms with Crippen molar-refractivity contribution >= 4 is 82.6 Å². The molecule has 3 aromatic rings. The highest BCUT2D eigenvalue weighted by Crippen LogP contribution is 2.32. The molecular formula is C74H106N10O15S2. The van der Waals surface area contributed by atoms with Crippen LogP contribution in [-0.2, 0) is 86.5 Å². The zero-order chi connectivity index (χ0) is 74.5. The number of carbonyl (C=O) groups excluding carboxylic acids is 10. The average molecular weight is 1440 g/mol. The maximum absolute atomic E-state index is 15.3. The second kappa shape index (κ2) is 41.5. The van der Waals surface area contributed by atoms with Crippen molar-refractivity contribution in [2.75, 3.05) is 53.6 Å². The molecule has 0 aliphatic carbocycles. The number of primary amides is 1. The van der Waals surface area contributed by atoms with Gasteiger partial charge in [0.05, 0.1) is 33.5 Å². The maximum atomic E-state index is 15.3. The number of carbonyl (C=O) groups is 10. The molecule has 10 amide bonds. The fourth-order valence-corrected chi connectivity index (χ4v) is 13.5. The van der Waals surface area contributed by atoms with Crippen LogP contribution in [-0.4, -0.2) is 184 Å². The van der Waals surface area contributed by atoms with Crippen molar-refractivity contribution in [1.82, 2.24) is 47.4 Å². The van der Waals surface area contributed by atoms with Gasteiger partial charge in [0.25, 0.3) is 0 Å². The predicted octanol–water partition coefficient (Wildman–Crippen LogP) is 5.41. The lowest BCUT2D eigenvalue weighted by molar-refractivity contribution is -0.147. The molecule has 0 aromatic heterocycles. The van der Waals surface area contributed by atoms with Gasteiger partial charge in [-0.2, -0.15) is 23.5 Å². The first kappa shape index (κ1) is 83.3. The fourth-order valence-electron chi connectivity index (χ4n) is 11.6. The number of aryl methyl sites for hydroxylation is 1. The molecule has 0 saturated carbocycles. The molecule has 2 heterocycles. The number of methoxy groups -OCH3 is 5. The Morgan fingerprint density at radius 2 is 1.14 bits per heavy atom. The van der Waals surface area contributed by atoms with E-state index in [1.165, 1.54) is 70.0 Å². The molecule has 101 heavy (non-hydrogen) atoms. The smallest absolute Gasteiger partial charge is 0.246 e. The van der Waals surface area contributed by atoms with Gasteiger partial charge in [-0.3, -0.25) is 47.9 Å². The van der Waals surface area contributed by atoms with Crippen molar-refractivity contribution in [2.24, 2.45) is 17.6 Å². The first-order valence-electron chi connectivity index (χ1n) is 34.2. The molecule has 2 aliphatic rings. The number of hydrogen-bond acceptors (Lipinski definition) is 17. The van der Waals surface area contributed by atoms with E-state index in [4.69, 9.17) is 29.4 Å². The van der Waals surface area contributed by atoms with Gasteiger partial charge in [-0.05, 0) is 143 Å². The maximum Gasteiger partial charge on any atom is 0.246 e. The second-order valence-electron chi connectivity index (χ2n) is 26.5. The van der Waals surface area contributed by atoms with E-state index in [9.17, 15) is 24.0 Å². The summed E-state index contributed by atoms with van der Waals surface area (Å²) >= 11 is 2.87. The summed E-state index contributed by atoms with van der Waals surface area (Å²) in [5, 5.41) is 22.8. The third-order valence-electron chi connectivity index (χ3n) is 17.7. The Morgan fingerprint density at radius 3 is 1.68 bits per heavy atom. The van der Waals surface area contributed by atoms with Gasteiger partial charge >= 0.3 is 0 Å². The van der Waals surface area contributed by atoms with E-state index in [0.29, 0.717) is 52.1 Å². The van der Waals surface area contributed by atoms with Crippen LogP contribution < -0.4 is 57.7 Å². The Labute approximate surface area is 603 Å². The van der Waals surface area contributed by atoms with Gasteiger partial charge in [0, 0.05) is 56.6 Å². The van der Waals surface area contributed by atoms with Crippen LogP contribution in [0.5, 0.6) is 11.5 Å².